The largest absolute Gasteiger partial charge is 0.394 e. The van der Waals surface area contributed by atoms with Gasteiger partial charge < -0.3 is 30.1 Å². The molecular weight excluding hydrogens is 504 g/mol. The molecule has 2 aromatic rings. The van der Waals surface area contributed by atoms with Crippen molar-refractivity contribution in [3.05, 3.63) is 86.9 Å². The van der Waals surface area contributed by atoms with Gasteiger partial charge in [-0.1, -0.05) is 54.1 Å². The van der Waals surface area contributed by atoms with Gasteiger partial charge in [0, 0.05) is 10.6 Å². The van der Waals surface area contributed by atoms with Crippen LogP contribution in [-0.2, 0) is 9.53 Å². The Morgan fingerprint density at radius 1 is 1.08 bits per heavy atom. The lowest BCUT2D eigenvalue weighted by molar-refractivity contribution is -0.252. The van der Waals surface area contributed by atoms with Gasteiger partial charge in [-0.3, -0.25) is 4.79 Å². The number of Topliss-reactive ketones (excluding diaryl/α,β-unsaturated/α-hetero) is 1. The number of aliphatic hydroxyl groups excluding tert-OH is 4. The fourth-order valence-electron chi connectivity index (χ4n) is 4.68. The van der Waals surface area contributed by atoms with E-state index in [-0.39, 0.29) is 22.0 Å². The molecular formula is C26H25ClN2O6S. The van der Waals surface area contributed by atoms with Gasteiger partial charge in [-0.05, 0) is 30.2 Å². The zero-order chi connectivity index (χ0) is 26.1. The van der Waals surface area contributed by atoms with Crippen LogP contribution in [0.5, 0.6) is 0 Å². The molecule has 0 radical (unpaired) electrons. The number of carbonyl (C=O) groups excluding carboxylic acids is 1. The van der Waals surface area contributed by atoms with Crippen molar-refractivity contribution < 1.29 is 30.0 Å². The van der Waals surface area contributed by atoms with Crippen LogP contribution in [0.3, 0.4) is 0 Å². The molecule has 188 valence electrons. The normalized spacial score (nSPS) is 28.8. The summed E-state index contributed by atoms with van der Waals surface area (Å²) in [5.41, 5.74) is 1.88. The summed E-state index contributed by atoms with van der Waals surface area (Å²) >= 11 is 10.7. The topological polar surface area (TPSA) is 134 Å². The molecule has 1 saturated heterocycles. The van der Waals surface area contributed by atoms with Crippen molar-refractivity contribution in [2.24, 2.45) is 0 Å². The highest BCUT2D eigenvalue weighted by molar-refractivity contribution is 7.84. The summed E-state index contributed by atoms with van der Waals surface area (Å²) in [6.07, 6.45) is -7.49. The molecule has 2 heterocycles. The van der Waals surface area contributed by atoms with Gasteiger partial charge in [0.25, 0.3) is 0 Å². The van der Waals surface area contributed by atoms with E-state index in [1.807, 2.05) is 0 Å². The first-order valence-electron chi connectivity index (χ1n) is 11.2. The molecule has 10 heteroatoms. The van der Waals surface area contributed by atoms with E-state index in [1.165, 1.54) is 11.8 Å². The van der Waals surface area contributed by atoms with Crippen molar-refractivity contribution in [2.75, 3.05) is 6.61 Å². The molecule has 4 rings (SSSR count). The number of aliphatic hydroxyl groups is 4. The second-order valence-corrected chi connectivity index (χ2v) is 9.47. The molecule has 8 nitrogen and oxygen atoms in total. The molecule has 0 amide bonds. The van der Waals surface area contributed by atoms with Gasteiger partial charge in [-0.2, -0.15) is 5.26 Å². The van der Waals surface area contributed by atoms with Crippen LogP contribution in [0.25, 0.3) is 5.70 Å². The van der Waals surface area contributed by atoms with Crippen LogP contribution in [0.4, 0.5) is 0 Å². The zero-order valence-electron chi connectivity index (χ0n) is 19.2. The predicted molar refractivity (Wildman–Crippen MR) is 135 cm³/mol. The van der Waals surface area contributed by atoms with E-state index < -0.39 is 43.2 Å². The molecule has 4 N–H and O–H groups in total. The molecule has 0 aliphatic carbocycles. The standard InChI is InChI=1S/C26H25ClN2O6S/c1-13(31)19-20(14-7-9-16(27)10-8-14)17(11-28)26(36)29(21(19)15-5-3-2-4-6-15)25-24(34)23(33)22(32)18(12-30)35-25/h2-10,18,20,22-25,30,32-34,36H,12H2,1H3. The number of ketones is 1. The van der Waals surface area contributed by atoms with Gasteiger partial charge >= 0.3 is 0 Å². The number of hydrogen-bond donors (Lipinski definition) is 5. The van der Waals surface area contributed by atoms with E-state index >= 15 is 0 Å². The highest BCUT2D eigenvalue weighted by Gasteiger charge is 2.49. The highest BCUT2D eigenvalue weighted by atomic mass is 35.5. The maximum Gasteiger partial charge on any atom is 0.164 e. The minimum absolute atomic E-state index is 0.0885. The van der Waals surface area contributed by atoms with Crippen LogP contribution >= 0.6 is 24.2 Å². The molecule has 0 aromatic heterocycles. The number of benzene rings is 2. The fourth-order valence-corrected chi connectivity index (χ4v) is 5.20. The van der Waals surface area contributed by atoms with Crippen molar-refractivity contribution in [3.63, 3.8) is 0 Å². The number of allylic oxidation sites excluding steroid dienone is 2. The summed E-state index contributed by atoms with van der Waals surface area (Å²) < 4.78 is 5.83. The number of nitrogens with zero attached hydrogens (tertiary/aromatic N) is 2. The number of nitriles is 1. The summed E-state index contributed by atoms with van der Waals surface area (Å²) in [7, 11) is 0. The van der Waals surface area contributed by atoms with E-state index in [4.69, 9.17) is 16.3 Å². The van der Waals surface area contributed by atoms with E-state index in [0.29, 0.717) is 21.8 Å². The second-order valence-electron chi connectivity index (χ2n) is 8.61. The Morgan fingerprint density at radius 3 is 2.28 bits per heavy atom. The smallest absolute Gasteiger partial charge is 0.164 e. The lowest BCUT2D eigenvalue weighted by Crippen LogP contribution is -2.62. The molecule has 6 unspecified atom stereocenters. The van der Waals surface area contributed by atoms with Crippen LogP contribution in [0, 0.1) is 11.3 Å². The molecule has 0 saturated carbocycles. The molecule has 6 atom stereocenters. The summed E-state index contributed by atoms with van der Waals surface area (Å²) in [6.45, 7) is 0.745. The monoisotopic (exact) mass is 528 g/mol. The number of carbonyl (C=O) groups is 1. The first kappa shape index (κ1) is 26.4. The first-order valence-corrected chi connectivity index (χ1v) is 12.0. The summed E-state index contributed by atoms with van der Waals surface area (Å²) in [5.74, 6) is -1.13. The van der Waals surface area contributed by atoms with Gasteiger partial charge in [-0.25, -0.2) is 0 Å². The average molecular weight is 529 g/mol. The van der Waals surface area contributed by atoms with Crippen LogP contribution in [0.15, 0.2) is 70.8 Å². The molecule has 36 heavy (non-hydrogen) atoms. The van der Waals surface area contributed by atoms with Crippen molar-refractivity contribution in [1.82, 2.24) is 4.90 Å². The number of hydrogen-bond acceptors (Lipinski definition) is 9. The van der Waals surface area contributed by atoms with Crippen molar-refractivity contribution in [1.29, 1.82) is 5.26 Å². The minimum atomic E-state index is -1.67. The Bertz CT molecular complexity index is 1240. The maximum absolute atomic E-state index is 13.2. The molecule has 1 fully saturated rings. The third kappa shape index (κ3) is 4.58. The van der Waals surface area contributed by atoms with E-state index in [1.54, 1.807) is 54.6 Å². The van der Waals surface area contributed by atoms with Crippen LogP contribution in [0.2, 0.25) is 5.02 Å². The Balaban J connectivity index is 2.01. The Kier molecular flexibility index (Phi) is 7.87. The summed E-state index contributed by atoms with van der Waals surface area (Å²) in [5, 5.41) is 52.2. The van der Waals surface area contributed by atoms with Crippen LogP contribution in [0.1, 0.15) is 24.0 Å². The predicted octanol–water partition coefficient (Wildman–Crippen LogP) is 2.20. The van der Waals surface area contributed by atoms with Gasteiger partial charge in [-0.15, -0.1) is 12.6 Å². The quantitative estimate of drug-likeness (QED) is 0.373. The maximum atomic E-state index is 13.2. The van der Waals surface area contributed by atoms with Crippen molar-refractivity contribution in [3.8, 4) is 6.07 Å². The van der Waals surface area contributed by atoms with E-state index in [2.05, 4.69) is 18.7 Å². The molecule has 2 aliphatic rings. The number of ether oxygens (including phenoxy) is 1. The highest BCUT2D eigenvalue weighted by Crippen LogP contribution is 2.48. The Labute approximate surface area is 218 Å². The van der Waals surface area contributed by atoms with Gasteiger partial charge in [0.2, 0.25) is 0 Å². The zero-order valence-corrected chi connectivity index (χ0v) is 20.8. The molecule has 2 aliphatic heterocycles. The van der Waals surface area contributed by atoms with Crippen LogP contribution in [-0.4, -0.2) is 68.4 Å². The summed E-state index contributed by atoms with van der Waals surface area (Å²) in [4.78, 5) is 14.6. The third-order valence-electron chi connectivity index (χ3n) is 6.41. The van der Waals surface area contributed by atoms with E-state index in [9.17, 15) is 30.5 Å². The lowest BCUT2D eigenvalue weighted by atomic mass is 9.78. The third-order valence-corrected chi connectivity index (χ3v) is 7.12. The molecule has 0 bridgehead atoms. The Morgan fingerprint density at radius 2 is 1.72 bits per heavy atom. The van der Waals surface area contributed by atoms with Gasteiger partial charge in [0.05, 0.1) is 34.9 Å². The second kappa shape index (κ2) is 10.7. The summed E-state index contributed by atoms with van der Waals surface area (Å²) in [6, 6.07) is 17.8. The molecule has 2 aromatic carbocycles. The van der Waals surface area contributed by atoms with E-state index in [0.717, 1.165) is 0 Å². The number of thiol groups is 1. The fraction of sp³-hybridized carbons (Fsp3) is 0.308. The van der Waals surface area contributed by atoms with Crippen molar-refractivity contribution >= 4 is 35.7 Å². The number of halogens is 1. The average Bonchev–Trinajstić information content (AvgIpc) is 2.88. The number of rotatable bonds is 5. The Hall–Kier alpha value is -2.68. The SMILES string of the molecule is CC(=O)C1=C(c2ccccc2)N(C2OC(CO)C(O)C(O)C2O)C(S)=C(C#N)C1c1ccc(Cl)cc1. The first-order chi connectivity index (χ1) is 17.2. The molecule has 0 spiro atoms. The van der Waals surface area contributed by atoms with Crippen LogP contribution < -0.4 is 0 Å². The lowest BCUT2D eigenvalue weighted by Gasteiger charge is -2.48. The van der Waals surface area contributed by atoms with Gasteiger partial charge in [0.15, 0.2) is 12.0 Å². The van der Waals surface area contributed by atoms with Crippen molar-refractivity contribution in [2.45, 2.75) is 43.5 Å². The van der Waals surface area contributed by atoms with Gasteiger partial charge in [0.1, 0.15) is 24.4 Å². The minimum Gasteiger partial charge on any atom is -0.394 e.